The van der Waals surface area contributed by atoms with E-state index in [0.29, 0.717) is 19.0 Å². The summed E-state index contributed by atoms with van der Waals surface area (Å²) in [5, 5.41) is 1.97. The Hall–Kier alpha value is -3.43. The van der Waals surface area contributed by atoms with Crippen LogP contribution in [0, 0.1) is 23.6 Å². The number of halogens is 1. The highest BCUT2D eigenvalue weighted by atomic mass is 32.2. The summed E-state index contributed by atoms with van der Waals surface area (Å²) in [6, 6.07) is 12.7. The van der Waals surface area contributed by atoms with Crippen LogP contribution in [0.3, 0.4) is 0 Å². The van der Waals surface area contributed by atoms with Crippen molar-refractivity contribution in [2.45, 2.75) is 37.5 Å². The Morgan fingerprint density at radius 3 is 2.56 bits per heavy atom. The van der Waals surface area contributed by atoms with Crippen molar-refractivity contribution in [1.82, 2.24) is 9.73 Å². The van der Waals surface area contributed by atoms with Crippen LogP contribution in [-0.4, -0.2) is 38.9 Å². The van der Waals surface area contributed by atoms with Gasteiger partial charge in [-0.3, -0.25) is 5.01 Å². The van der Waals surface area contributed by atoms with Crippen LogP contribution in [0.2, 0.25) is 0 Å². The van der Waals surface area contributed by atoms with E-state index in [1.807, 2.05) is 11.2 Å². The van der Waals surface area contributed by atoms with Crippen LogP contribution >= 0.6 is 0 Å². The van der Waals surface area contributed by atoms with Gasteiger partial charge >= 0.3 is 5.97 Å². The summed E-state index contributed by atoms with van der Waals surface area (Å²) >= 11 is 0. The largest absolute Gasteiger partial charge is 0.465 e. The Morgan fingerprint density at radius 2 is 1.85 bits per heavy atom. The number of nitrogens with zero attached hydrogens (tertiary/aromatic N) is 2. The molecule has 1 aliphatic heterocycles. The highest BCUT2D eigenvalue weighted by Crippen LogP contribution is 2.48. The number of ether oxygens (including phenoxy) is 1. The van der Waals surface area contributed by atoms with Gasteiger partial charge in [-0.15, -0.1) is 0 Å². The predicted molar refractivity (Wildman–Crippen MR) is 146 cm³/mol. The maximum Gasteiger partial charge on any atom is 0.339 e. The third-order valence-electron chi connectivity index (χ3n) is 8.28. The van der Waals surface area contributed by atoms with E-state index in [0.717, 1.165) is 42.6 Å². The van der Waals surface area contributed by atoms with E-state index < -0.39 is 16.0 Å². The first-order chi connectivity index (χ1) is 18.8. The maximum absolute atomic E-state index is 14.0. The highest BCUT2D eigenvalue weighted by molar-refractivity contribution is 7.89. The van der Waals surface area contributed by atoms with E-state index in [1.54, 1.807) is 28.6 Å². The van der Waals surface area contributed by atoms with Gasteiger partial charge in [-0.05, 0) is 85.6 Å². The Bertz CT molecular complexity index is 1510. The summed E-state index contributed by atoms with van der Waals surface area (Å²) < 4.78 is 48.0. The number of benzene rings is 2. The molecule has 6 rings (SSSR count). The molecule has 3 aliphatic carbocycles. The standard InChI is InChI=1S/C30H32FN3O4S/c1-19-26-16-32-34(24-13-11-23(31)12-14-24)27(26)15-21-9-10-22(29(19)21)18-33(17-20-7-8-20)39(36,37)28-6-4-3-5-25(28)30(35)38-2/h3-6,11-16,19-20,22,32H,7-10,17-18H2,1-2H3/t19-,22+/m0/s1. The number of hydrogen-bond acceptors (Lipinski definition) is 6. The number of esters is 1. The highest BCUT2D eigenvalue weighted by Gasteiger charge is 2.41. The Balaban J connectivity index is 1.31. The molecule has 0 saturated heterocycles. The number of carbonyl (C=O) groups excluding carboxylic acids is 1. The van der Waals surface area contributed by atoms with Crippen molar-refractivity contribution in [3.05, 3.63) is 94.6 Å². The van der Waals surface area contributed by atoms with Crippen molar-refractivity contribution in [3.8, 4) is 0 Å². The van der Waals surface area contributed by atoms with Crippen LogP contribution in [0.5, 0.6) is 0 Å². The van der Waals surface area contributed by atoms with Gasteiger partial charge in [-0.25, -0.2) is 17.6 Å². The van der Waals surface area contributed by atoms with Crippen LogP contribution in [-0.2, 0) is 14.8 Å². The molecule has 0 radical (unpaired) electrons. The third-order valence-corrected chi connectivity index (χ3v) is 10.2. The summed E-state index contributed by atoms with van der Waals surface area (Å²) in [7, 11) is -2.66. The fourth-order valence-corrected chi connectivity index (χ4v) is 7.86. The van der Waals surface area contributed by atoms with Crippen LogP contribution in [0.4, 0.5) is 10.1 Å². The van der Waals surface area contributed by atoms with E-state index in [2.05, 4.69) is 18.4 Å². The molecule has 2 aromatic carbocycles. The number of methoxy groups -OCH3 is 1. The van der Waals surface area contributed by atoms with E-state index in [-0.39, 0.29) is 28.1 Å². The van der Waals surface area contributed by atoms with Gasteiger partial charge in [0.25, 0.3) is 0 Å². The third kappa shape index (κ3) is 4.67. The van der Waals surface area contributed by atoms with Crippen LogP contribution in [0.15, 0.2) is 88.1 Å². The van der Waals surface area contributed by atoms with Crippen molar-refractivity contribution in [3.63, 3.8) is 0 Å². The molecule has 9 heteroatoms. The summed E-state index contributed by atoms with van der Waals surface area (Å²) in [6.07, 6.45) is 7.95. The summed E-state index contributed by atoms with van der Waals surface area (Å²) in [6.45, 7) is 3.01. The Morgan fingerprint density at radius 1 is 1.10 bits per heavy atom. The normalized spacial score (nSPS) is 22.3. The van der Waals surface area contributed by atoms with Crippen molar-refractivity contribution >= 4 is 21.7 Å². The molecule has 1 heterocycles. The van der Waals surface area contributed by atoms with Gasteiger partial charge in [0.2, 0.25) is 10.0 Å². The maximum atomic E-state index is 14.0. The van der Waals surface area contributed by atoms with E-state index in [1.165, 1.54) is 42.5 Å². The fraction of sp³-hybridized carbons (Fsp3) is 0.367. The number of allylic oxidation sites excluding steroid dienone is 3. The number of sulfonamides is 1. The zero-order valence-corrected chi connectivity index (χ0v) is 22.9. The zero-order chi connectivity index (χ0) is 27.3. The molecule has 7 nitrogen and oxygen atoms in total. The van der Waals surface area contributed by atoms with Gasteiger partial charge in [0, 0.05) is 30.8 Å². The number of nitrogens with one attached hydrogen (secondary N) is 1. The molecule has 1 fully saturated rings. The molecule has 0 bridgehead atoms. The molecule has 2 atom stereocenters. The van der Waals surface area contributed by atoms with E-state index in [4.69, 9.17) is 4.74 Å². The van der Waals surface area contributed by atoms with Crippen LogP contribution in [0.25, 0.3) is 0 Å². The molecule has 1 saturated carbocycles. The first-order valence-electron chi connectivity index (χ1n) is 13.4. The van der Waals surface area contributed by atoms with E-state index >= 15 is 0 Å². The second-order valence-electron chi connectivity index (χ2n) is 10.8. The van der Waals surface area contributed by atoms with Crippen molar-refractivity contribution in [2.24, 2.45) is 17.8 Å². The topological polar surface area (TPSA) is 79.0 Å². The van der Waals surface area contributed by atoms with Gasteiger partial charge in [-0.2, -0.15) is 4.31 Å². The minimum Gasteiger partial charge on any atom is -0.465 e. The molecule has 4 aliphatic rings. The lowest BCUT2D eigenvalue weighted by Crippen LogP contribution is -2.38. The molecule has 0 unspecified atom stereocenters. The lowest BCUT2D eigenvalue weighted by molar-refractivity contribution is 0.0596. The second kappa shape index (κ2) is 9.95. The van der Waals surface area contributed by atoms with Gasteiger partial charge in [0.15, 0.2) is 0 Å². The predicted octanol–water partition coefficient (Wildman–Crippen LogP) is 5.16. The first kappa shape index (κ1) is 25.8. The average Bonchev–Trinajstić information content (AvgIpc) is 3.51. The summed E-state index contributed by atoms with van der Waals surface area (Å²) in [5.74, 6) is -0.399. The van der Waals surface area contributed by atoms with Crippen molar-refractivity contribution < 1.29 is 22.3 Å². The lowest BCUT2D eigenvalue weighted by Gasteiger charge is -2.32. The Labute approximate surface area is 228 Å². The van der Waals surface area contributed by atoms with Crippen molar-refractivity contribution in [1.29, 1.82) is 0 Å². The second-order valence-corrected chi connectivity index (χ2v) is 12.7. The minimum atomic E-state index is -3.92. The monoisotopic (exact) mass is 549 g/mol. The van der Waals surface area contributed by atoms with Gasteiger partial charge in [-0.1, -0.05) is 24.6 Å². The number of hydrogen-bond donors (Lipinski definition) is 1. The van der Waals surface area contributed by atoms with Gasteiger partial charge in [0.05, 0.1) is 29.0 Å². The lowest BCUT2D eigenvalue weighted by atomic mass is 9.80. The molecular formula is C30H32FN3O4S. The number of carbonyl (C=O) groups is 1. The van der Waals surface area contributed by atoms with Gasteiger partial charge in [0.1, 0.15) is 5.82 Å². The minimum absolute atomic E-state index is 0.00113. The molecule has 204 valence electrons. The molecule has 0 spiro atoms. The molecule has 0 aromatic heterocycles. The summed E-state index contributed by atoms with van der Waals surface area (Å²) in [5.41, 5.74) is 8.94. The first-order valence-corrected chi connectivity index (χ1v) is 14.9. The Kier molecular flexibility index (Phi) is 6.59. The van der Waals surface area contributed by atoms with E-state index in [9.17, 15) is 17.6 Å². The number of hydrazine groups is 1. The van der Waals surface area contributed by atoms with Gasteiger partial charge < -0.3 is 10.2 Å². The van der Waals surface area contributed by atoms with Crippen LogP contribution < -0.4 is 10.4 Å². The SMILES string of the molecule is COC(=O)c1ccccc1S(=O)(=O)N(CC1CC1)C[C@H]1CCC2=C1[C@@H](C)C1=CNN(c3ccc(F)cc3)C1=C2. The molecule has 1 N–H and O–H groups in total. The number of fused-ring (bicyclic) bond motifs is 1. The summed E-state index contributed by atoms with van der Waals surface area (Å²) in [4.78, 5) is 12.4. The smallest absolute Gasteiger partial charge is 0.339 e. The number of rotatable bonds is 8. The average molecular weight is 550 g/mol. The number of anilines is 1. The van der Waals surface area contributed by atoms with Crippen molar-refractivity contribution in [2.75, 3.05) is 25.2 Å². The zero-order valence-electron chi connectivity index (χ0n) is 22.1. The molecule has 0 amide bonds. The molecule has 2 aromatic rings. The van der Waals surface area contributed by atoms with Crippen LogP contribution in [0.1, 0.15) is 43.0 Å². The quantitative estimate of drug-likeness (QED) is 0.458. The molecule has 39 heavy (non-hydrogen) atoms. The fourth-order valence-electron chi connectivity index (χ4n) is 6.12. The molecular weight excluding hydrogens is 517 g/mol.